The molecule has 1 aromatic heterocycles. The van der Waals surface area contributed by atoms with Gasteiger partial charge in [0.1, 0.15) is 17.5 Å². The molecule has 2 fully saturated rings. The van der Waals surface area contributed by atoms with Crippen LogP contribution in [0, 0.1) is 6.92 Å². The number of hydrogen-bond acceptors (Lipinski definition) is 5. The zero-order valence-electron chi connectivity index (χ0n) is 12.7. The minimum atomic E-state index is 0.538. The molecule has 2 aliphatic rings. The zero-order valence-corrected chi connectivity index (χ0v) is 12.7. The van der Waals surface area contributed by atoms with Crippen LogP contribution in [0.15, 0.2) is 0 Å². The molecule has 1 aromatic rings. The molecular formula is C15H25N5. The first kappa shape index (κ1) is 13.6. The smallest absolute Gasteiger partial charge is 0.136 e. The van der Waals surface area contributed by atoms with Crippen LogP contribution in [0.3, 0.4) is 0 Å². The molecule has 2 heterocycles. The number of hydrogen-bond donors (Lipinski definition) is 2. The van der Waals surface area contributed by atoms with Gasteiger partial charge in [0.25, 0.3) is 0 Å². The molecule has 0 unspecified atom stereocenters. The van der Waals surface area contributed by atoms with Crippen LogP contribution in [-0.2, 0) is 0 Å². The molecule has 0 bridgehead atoms. The number of aromatic nitrogens is 2. The number of anilines is 2. The van der Waals surface area contributed by atoms with Crippen LogP contribution >= 0.6 is 0 Å². The Morgan fingerprint density at radius 3 is 2.30 bits per heavy atom. The van der Waals surface area contributed by atoms with Crippen molar-refractivity contribution >= 4 is 11.6 Å². The second-order valence-electron chi connectivity index (χ2n) is 6.15. The fourth-order valence-corrected chi connectivity index (χ4v) is 2.79. The second kappa shape index (κ2) is 5.56. The summed E-state index contributed by atoms with van der Waals surface area (Å²) in [6.07, 6.45) is 4.85. The third kappa shape index (κ3) is 2.87. The maximum absolute atomic E-state index is 4.78. The summed E-state index contributed by atoms with van der Waals surface area (Å²) >= 11 is 0. The molecule has 20 heavy (non-hydrogen) atoms. The Morgan fingerprint density at radius 1 is 1.05 bits per heavy atom. The van der Waals surface area contributed by atoms with E-state index in [1.54, 1.807) is 0 Å². The SMILES string of the molecule is CNc1nc(C2CC2)nc(NC2CCN(C)CC2)c1C. The Labute approximate surface area is 121 Å². The van der Waals surface area contributed by atoms with E-state index in [0.29, 0.717) is 12.0 Å². The summed E-state index contributed by atoms with van der Waals surface area (Å²) in [7, 11) is 4.13. The van der Waals surface area contributed by atoms with Crippen molar-refractivity contribution in [3.63, 3.8) is 0 Å². The van der Waals surface area contributed by atoms with E-state index in [1.807, 2.05) is 7.05 Å². The van der Waals surface area contributed by atoms with Gasteiger partial charge in [0.05, 0.1) is 0 Å². The lowest BCUT2D eigenvalue weighted by Crippen LogP contribution is -2.37. The van der Waals surface area contributed by atoms with Crippen LogP contribution < -0.4 is 10.6 Å². The highest BCUT2D eigenvalue weighted by atomic mass is 15.1. The van der Waals surface area contributed by atoms with Gasteiger partial charge in [-0.25, -0.2) is 9.97 Å². The van der Waals surface area contributed by atoms with Crippen LogP contribution in [0.2, 0.25) is 0 Å². The average Bonchev–Trinajstić information content (AvgIpc) is 3.28. The van der Waals surface area contributed by atoms with E-state index in [9.17, 15) is 0 Å². The number of rotatable bonds is 4. The van der Waals surface area contributed by atoms with Crippen molar-refractivity contribution < 1.29 is 0 Å². The quantitative estimate of drug-likeness (QED) is 0.882. The van der Waals surface area contributed by atoms with Gasteiger partial charge < -0.3 is 15.5 Å². The van der Waals surface area contributed by atoms with Crippen molar-refractivity contribution in [2.75, 3.05) is 37.8 Å². The predicted molar refractivity (Wildman–Crippen MR) is 82.4 cm³/mol. The van der Waals surface area contributed by atoms with E-state index in [1.165, 1.54) is 25.7 Å². The van der Waals surface area contributed by atoms with Crippen molar-refractivity contribution in [1.82, 2.24) is 14.9 Å². The number of nitrogens with one attached hydrogen (secondary N) is 2. The molecule has 1 aliphatic carbocycles. The van der Waals surface area contributed by atoms with E-state index in [0.717, 1.165) is 36.1 Å². The second-order valence-corrected chi connectivity index (χ2v) is 6.15. The van der Waals surface area contributed by atoms with Crippen LogP contribution in [0.4, 0.5) is 11.6 Å². The molecule has 1 saturated carbocycles. The van der Waals surface area contributed by atoms with Crippen LogP contribution in [0.1, 0.15) is 43.0 Å². The molecule has 0 aromatic carbocycles. The molecule has 2 N–H and O–H groups in total. The molecule has 0 atom stereocenters. The van der Waals surface area contributed by atoms with Gasteiger partial charge in [-0.2, -0.15) is 0 Å². The first-order chi connectivity index (χ1) is 9.67. The van der Waals surface area contributed by atoms with E-state index in [2.05, 4.69) is 34.5 Å². The topological polar surface area (TPSA) is 53.1 Å². The van der Waals surface area contributed by atoms with Crippen molar-refractivity contribution in [2.24, 2.45) is 0 Å². The summed E-state index contributed by atoms with van der Waals surface area (Å²) in [4.78, 5) is 11.8. The highest BCUT2D eigenvalue weighted by Crippen LogP contribution is 2.39. The molecular weight excluding hydrogens is 250 g/mol. The molecule has 1 aliphatic heterocycles. The summed E-state index contributed by atoms with van der Waals surface area (Å²) in [6.45, 7) is 4.42. The lowest BCUT2D eigenvalue weighted by Gasteiger charge is -2.30. The first-order valence-electron chi connectivity index (χ1n) is 7.68. The molecule has 5 heteroatoms. The first-order valence-corrected chi connectivity index (χ1v) is 7.68. The maximum atomic E-state index is 4.78. The largest absolute Gasteiger partial charge is 0.373 e. The fraction of sp³-hybridized carbons (Fsp3) is 0.733. The van der Waals surface area contributed by atoms with Gasteiger partial charge >= 0.3 is 0 Å². The Kier molecular flexibility index (Phi) is 3.78. The minimum absolute atomic E-state index is 0.538. The lowest BCUT2D eigenvalue weighted by molar-refractivity contribution is 0.263. The Balaban J connectivity index is 1.78. The van der Waals surface area contributed by atoms with E-state index in [-0.39, 0.29) is 0 Å². The number of nitrogens with zero attached hydrogens (tertiary/aromatic N) is 3. The molecule has 110 valence electrons. The van der Waals surface area contributed by atoms with Gasteiger partial charge in [0.15, 0.2) is 0 Å². The van der Waals surface area contributed by atoms with Gasteiger partial charge in [0, 0.05) is 24.6 Å². The van der Waals surface area contributed by atoms with E-state index in [4.69, 9.17) is 4.98 Å². The van der Waals surface area contributed by atoms with Gasteiger partial charge in [-0.3, -0.25) is 0 Å². The molecule has 1 saturated heterocycles. The summed E-state index contributed by atoms with van der Waals surface area (Å²) in [6, 6.07) is 0.538. The normalized spacial score (nSPS) is 20.9. The third-order valence-electron chi connectivity index (χ3n) is 4.40. The lowest BCUT2D eigenvalue weighted by atomic mass is 10.1. The van der Waals surface area contributed by atoms with Gasteiger partial charge in [-0.15, -0.1) is 0 Å². The van der Waals surface area contributed by atoms with Crippen LogP contribution in [0.5, 0.6) is 0 Å². The zero-order chi connectivity index (χ0) is 14.1. The number of piperidine rings is 1. The standard InChI is InChI=1S/C15H25N5/c1-10-13(16-2)18-15(11-4-5-11)19-14(10)17-12-6-8-20(3)9-7-12/h11-12H,4-9H2,1-3H3,(H2,16,17,18,19). The monoisotopic (exact) mass is 275 g/mol. The minimum Gasteiger partial charge on any atom is -0.373 e. The highest BCUT2D eigenvalue weighted by Gasteiger charge is 2.28. The Morgan fingerprint density at radius 2 is 1.70 bits per heavy atom. The maximum Gasteiger partial charge on any atom is 0.136 e. The van der Waals surface area contributed by atoms with Crippen molar-refractivity contribution in [3.8, 4) is 0 Å². The summed E-state index contributed by atoms with van der Waals surface area (Å²) in [5.41, 5.74) is 1.14. The van der Waals surface area contributed by atoms with Crippen LogP contribution in [-0.4, -0.2) is 48.1 Å². The Bertz CT molecular complexity index is 475. The molecule has 3 rings (SSSR count). The van der Waals surface area contributed by atoms with Crippen molar-refractivity contribution in [3.05, 3.63) is 11.4 Å². The predicted octanol–water partition coefficient (Wildman–Crippen LogP) is 2.21. The van der Waals surface area contributed by atoms with Crippen molar-refractivity contribution in [2.45, 2.75) is 44.6 Å². The van der Waals surface area contributed by atoms with Crippen molar-refractivity contribution in [1.29, 1.82) is 0 Å². The van der Waals surface area contributed by atoms with E-state index < -0.39 is 0 Å². The number of likely N-dealkylation sites (tertiary alicyclic amines) is 1. The third-order valence-corrected chi connectivity index (χ3v) is 4.40. The summed E-state index contributed by atoms with van der Waals surface area (Å²) in [5, 5.41) is 6.85. The van der Waals surface area contributed by atoms with Gasteiger partial charge in [0.2, 0.25) is 0 Å². The van der Waals surface area contributed by atoms with Gasteiger partial charge in [-0.05, 0) is 52.7 Å². The molecule has 0 radical (unpaired) electrons. The Hall–Kier alpha value is -1.36. The highest BCUT2D eigenvalue weighted by molar-refractivity contribution is 5.57. The fourth-order valence-electron chi connectivity index (χ4n) is 2.79. The summed E-state index contributed by atoms with van der Waals surface area (Å²) in [5.74, 6) is 3.59. The summed E-state index contributed by atoms with van der Waals surface area (Å²) < 4.78 is 0. The molecule has 0 spiro atoms. The van der Waals surface area contributed by atoms with Gasteiger partial charge in [-0.1, -0.05) is 0 Å². The van der Waals surface area contributed by atoms with E-state index >= 15 is 0 Å². The average molecular weight is 275 g/mol. The van der Waals surface area contributed by atoms with Crippen LogP contribution in [0.25, 0.3) is 0 Å². The molecule has 0 amide bonds. The molecule has 5 nitrogen and oxygen atoms in total.